The number of hydrogen-bond donors (Lipinski definition) is 0. The lowest BCUT2D eigenvalue weighted by atomic mass is 10.0. The highest BCUT2D eigenvalue weighted by Gasteiger charge is 2.13. The number of aryl methyl sites for hydroxylation is 2. The number of fused-ring (bicyclic) bond motifs is 3. The molecule has 0 aliphatic carbocycles. The number of aromatic nitrogens is 1. The van der Waals surface area contributed by atoms with Gasteiger partial charge in [0.2, 0.25) is 0 Å². The number of nitrogens with zero attached hydrogens (tertiary/aromatic N) is 1. The number of rotatable bonds is 2. The molecule has 0 spiro atoms. The average molecular weight is 287 g/mol. The van der Waals surface area contributed by atoms with Crippen LogP contribution in [-0.2, 0) is 6.42 Å². The molecule has 0 atom stereocenters. The third-order valence-electron chi connectivity index (χ3n) is 4.28. The molecule has 0 aliphatic rings. The maximum absolute atomic E-state index is 6.10. The summed E-state index contributed by atoms with van der Waals surface area (Å²) in [6.45, 7) is 4.28. The van der Waals surface area contributed by atoms with E-state index < -0.39 is 0 Å². The van der Waals surface area contributed by atoms with Crippen LogP contribution < -0.4 is 0 Å². The molecule has 2 aromatic carbocycles. The van der Waals surface area contributed by atoms with Gasteiger partial charge < -0.3 is 4.42 Å². The van der Waals surface area contributed by atoms with E-state index in [0.29, 0.717) is 0 Å². The Hall–Kier alpha value is -2.61. The minimum Gasteiger partial charge on any atom is -0.455 e. The number of pyridine rings is 1. The second-order valence-electron chi connectivity index (χ2n) is 5.63. The van der Waals surface area contributed by atoms with Crippen LogP contribution in [-0.4, -0.2) is 4.98 Å². The van der Waals surface area contributed by atoms with Gasteiger partial charge >= 0.3 is 0 Å². The second kappa shape index (κ2) is 4.99. The van der Waals surface area contributed by atoms with Gasteiger partial charge in [0.15, 0.2) is 0 Å². The van der Waals surface area contributed by atoms with Crippen molar-refractivity contribution in [1.82, 2.24) is 4.98 Å². The summed E-state index contributed by atoms with van der Waals surface area (Å²) in [5.74, 6) is 0. The Labute approximate surface area is 129 Å². The predicted octanol–water partition coefficient (Wildman–Crippen LogP) is 5.52. The molecule has 0 saturated carbocycles. The predicted molar refractivity (Wildman–Crippen MR) is 91.1 cm³/mol. The Morgan fingerprint density at radius 2 is 1.82 bits per heavy atom. The molecule has 2 aromatic heterocycles. The van der Waals surface area contributed by atoms with E-state index in [1.165, 1.54) is 11.1 Å². The van der Waals surface area contributed by atoms with E-state index in [0.717, 1.165) is 39.6 Å². The lowest BCUT2D eigenvalue weighted by Gasteiger charge is -2.07. The van der Waals surface area contributed by atoms with E-state index in [-0.39, 0.29) is 0 Å². The molecule has 4 aromatic rings. The van der Waals surface area contributed by atoms with E-state index in [4.69, 9.17) is 4.42 Å². The molecule has 0 saturated heterocycles. The number of benzene rings is 2. The zero-order valence-corrected chi connectivity index (χ0v) is 12.8. The van der Waals surface area contributed by atoms with Crippen molar-refractivity contribution in [3.63, 3.8) is 0 Å². The van der Waals surface area contributed by atoms with Crippen molar-refractivity contribution in [2.75, 3.05) is 0 Å². The first-order chi connectivity index (χ1) is 10.8. The Kier molecular flexibility index (Phi) is 2.97. The fourth-order valence-electron chi connectivity index (χ4n) is 3.04. The van der Waals surface area contributed by atoms with Crippen LogP contribution in [0.15, 0.2) is 59.1 Å². The topological polar surface area (TPSA) is 26.0 Å². The highest BCUT2D eigenvalue weighted by molar-refractivity contribution is 6.09. The first kappa shape index (κ1) is 13.1. The normalized spacial score (nSPS) is 11.4. The van der Waals surface area contributed by atoms with Crippen LogP contribution >= 0.6 is 0 Å². The number of furan rings is 1. The number of para-hydroxylation sites is 2. The summed E-state index contributed by atoms with van der Waals surface area (Å²) < 4.78 is 6.10. The van der Waals surface area contributed by atoms with Crippen LogP contribution in [0.5, 0.6) is 0 Å². The van der Waals surface area contributed by atoms with Crippen LogP contribution in [0.25, 0.3) is 33.2 Å². The molecule has 22 heavy (non-hydrogen) atoms. The van der Waals surface area contributed by atoms with Gasteiger partial charge in [-0.2, -0.15) is 0 Å². The highest BCUT2D eigenvalue weighted by Crippen LogP contribution is 2.35. The van der Waals surface area contributed by atoms with Crippen molar-refractivity contribution in [2.24, 2.45) is 0 Å². The molecule has 2 nitrogen and oxygen atoms in total. The van der Waals surface area contributed by atoms with E-state index in [9.17, 15) is 0 Å². The van der Waals surface area contributed by atoms with Crippen molar-refractivity contribution in [3.8, 4) is 11.3 Å². The van der Waals surface area contributed by atoms with Crippen LogP contribution in [0.3, 0.4) is 0 Å². The fraction of sp³-hybridized carbons (Fsp3) is 0.150. The van der Waals surface area contributed by atoms with E-state index in [1.807, 2.05) is 24.4 Å². The maximum Gasteiger partial charge on any atom is 0.144 e. The van der Waals surface area contributed by atoms with Crippen molar-refractivity contribution in [1.29, 1.82) is 0 Å². The molecule has 0 N–H and O–H groups in total. The van der Waals surface area contributed by atoms with Gasteiger partial charge in [-0.1, -0.05) is 37.3 Å². The first-order valence-corrected chi connectivity index (χ1v) is 7.64. The third kappa shape index (κ3) is 1.92. The van der Waals surface area contributed by atoms with Gasteiger partial charge in [-0.05, 0) is 42.7 Å². The molecular weight excluding hydrogens is 270 g/mol. The Balaban J connectivity index is 2.03. The lowest BCUT2D eigenvalue weighted by molar-refractivity contribution is 0.670. The summed E-state index contributed by atoms with van der Waals surface area (Å²) in [7, 11) is 0. The minimum absolute atomic E-state index is 0.919. The summed E-state index contributed by atoms with van der Waals surface area (Å²) in [4.78, 5) is 4.62. The summed E-state index contributed by atoms with van der Waals surface area (Å²) in [5, 5.41) is 2.30. The summed E-state index contributed by atoms with van der Waals surface area (Å²) >= 11 is 0. The molecule has 0 aliphatic heterocycles. The quantitative estimate of drug-likeness (QED) is 0.485. The van der Waals surface area contributed by atoms with Gasteiger partial charge in [0.25, 0.3) is 0 Å². The van der Waals surface area contributed by atoms with E-state index >= 15 is 0 Å². The van der Waals surface area contributed by atoms with E-state index in [2.05, 4.69) is 49.2 Å². The zero-order valence-electron chi connectivity index (χ0n) is 12.8. The van der Waals surface area contributed by atoms with Crippen LogP contribution in [0, 0.1) is 6.92 Å². The first-order valence-electron chi connectivity index (χ1n) is 7.64. The van der Waals surface area contributed by atoms with E-state index in [1.54, 1.807) is 0 Å². The van der Waals surface area contributed by atoms with Crippen molar-refractivity contribution < 1.29 is 4.42 Å². The summed E-state index contributed by atoms with van der Waals surface area (Å²) in [6.07, 6.45) is 2.97. The Morgan fingerprint density at radius 1 is 1.00 bits per heavy atom. The molecular formula is C20H17NO. The monoisotopic (exact) mass is 287 g/mol. The van der Waals surface area contributed by atoms with Crippen LogP contribution in [0.1, 0.15) is 18.1 Å². The van der Waals surface area contributed by atoms with Crippen LogP contribution in [0.4, 0.5) is 0 Å². The van der Waals surface area contributed by atoms with Gasteiger partial charge in [0.05, 0.1) is 5.69 Å². The van der Waals surface area contributed by atoms with Gasteiger partial charge in [0.1, 0.15) is 11.2 Å². The van der Waals surface area contributed by atoms with Gasteiger partial charge in [0, 0.05) is 22.5 Å². The molecule has 2 heterocycles. The molecule has 0 unspecified atom stereocenters. The van der Waals surface area contributed by atoms with Crippen LogP contribution in [0.2, 0.25) is 0 Å². The molecule has 4 rings (SSSR count). The molecule has 108 valence electrons. The second-order valence-corrected chi connectivity index (χ2v) is 5.63. The lowest BCUT2D eigenvalue weighted by Crippen LogP contribution is -1.91. The third-order valence-corrected chi connectivity index (χ3v) is 4.28. The molecule has 2 heteroatoms. The Morgan fingerprint density at radius 3 is 2.68 bits per heavy atom. The largest absolute Gasteiger partial charge is 0.455 e. The average Bonchev–Trinajstić information content (AvgIpc) is 2.94. The molecule has 0 amide bonds. The SMILES string of the molecule is CCc1cc(-c2cccc3c2oc2ccccc23)ncc1C. The van der Waals surface area contributed by atoms with Gasteiger partial charge in [-0.15, -0.1) is 0 Å². The smallest absolute Gasteiger partial charge is 0.144 e. The minimum atomic E-state index is 0.919. The van der Waals surface area contributed by atoms with Crippen molar-refractivity contribution in [3.05, 3.63) is 65.9 Å². The maximum atomic E-state index is 6.10. The fourth-order valence-corrected chi connectivity index (χ4v) is 3.04. The molecule has 0 radical (unpaired) electrons. The Bertz CT molecular complexity index is 982. The zero-order chi connectivity index (χ0) is 15.1. The summed E-state index contributed by atoms with van der Waals surface area (Å²) in [6, 6.07) is 16.6. The highest BCUT2D eigenvalue weighted by atomic mass is 16.3. The van der Waals surface area contributed by atoms with Crippen molar-refractivity contribution in [2.45, 2.75) is 20.3 Å². The van der Waals surface area contributed by atoms with Gasteiger partial charge in [-0.3, -0.25) is 4.98 Å². The standard InChI is InChI=1S/C20H17NO/c1-3-14-11-18(21-12-13(14)2)17-9-6-8-16-15-7-4-5-10-19(15)22-20(16)17/h4-12H,3H2,1-2H3. The molecule has 0 bridgehead atoms. The summed E-state index contributed by atoms with van der Waals surface area (Å²) in [5.41, 5.74) is 6.45. The van der Waals surface area contributed by atoms with Gasteiger partial charge in [-0.25, -0.2) is 0 Å². The number of hydrogen-bond acceptors (Lipinski definition) is 2. The van der Waals surface area contributed by atoms with Crippen molar-refractivity contribution >= 4 is 21.9 Å². The molecule has 0 fully saturated rings.